The molecule has 0 aliphatic carbocycles. The van der Waals surface area contributed by atoms with Gasteiger partial charge < -0.3 is 0 Å². The lowest BCUT2D eigenvalue weighted by molar-refractivity contribution is 0.341. The van der Waals surface area contributed by atoms with Gasteiger partial charge in [-0.25, -0.2) is 5.01 Å². The van der Waals surface area contributed by atoms with Crippen LogP contribution in [-0.2, 0) is 6.54 Å². The zero-order valence-electron chi connectivity index (χ0n) is 6.49. The molecule has 0 unspecified atom stereocenters. The Morgan fingerprint density at radius 1 is 1.55 bits per heavy atom. The van der Waals surface area contributed by atoms with Crippen molar-refractivity contribution in [3.63, 3.8) is 0 Å². The lowest BCUT2D eigenvalue weighted by atomic mass is 10.2. The topological polar surface area (TPSA) is 29.3 Å². The molecule has 1 aromatic rings. The Labute approximate surface area is 72.4 Å². The SMILES string of the molecule is CN(N)Cc1cccc(S)c1. The molecule has 0 spiro atoms. The summed E-state index contributed by atoms with van der Waals surface area (Å²) in [5.74, 6) is 5.48. The number of nitrogens with zero attached hydrogens (tertiary/aromatic N) is 1. The van der Waals surface area contributed by atoms with Crippen LogP contribution in [0.25, 0.3) is 0 Å². The highest BCUT2D eigenvalue weighted by atomic mass is 32.1. The molecule has 0 aromatic heterocycles. The smallest absolute Gasteiger partial charge is 0.0376 e. The van der Waals surface area contributed by atoms with Gasteiger partial charge in [0.05, 0.1) is 0 Å². The van der Waals surface area contributed by atoms with Crippen LogP contribution in [0.4, 0.5) is 0 Å². The van der Waals surface area contributed by atoms with E-state index >= 15 is 0 Å². The molecule has 1 rings (SSSR count). The average molecular weight is 168 g/mol. The first kappa shape index (κ1) is 8.59. The minimum Gasteiger partial charge on any atom is -0.269 e. The van der Waals surface area contributed by atoms with Gasteiger partial charge in [0.2, 0.25) is 0 Å². The van der Waals surface area contributed by atoms with Crippen molar-refractivity contribution in [2.45, 2.75) is 11.4 Å². The third-order valence-corrected chi connectivity index (χ3v) is 1.62. The van der Waals surface area contributed by atoms with E-state index in [1.807, 2.05) is 31.3 Å². The molecule has 11 heavy (non-hydrogen) atoms. The number of hydrazine groups is 1. The molecule has 0 radical (unpaired) electrons. The maximum Gasteiger partial charge on any atom is 0.0376 e. The van der Waals surface area contributed by atoms with E-state index in [-0.39, 0.29) is 0 Å². The number of hydrogen-bond acceptors (Lipinski definition) is 3. The molecule has 1 aromatic carbocycles. The summed E-state index contributed by atoms with van der Waals surface area (Å²) < 4.78 is 0. The van der Waals surface area contributed by atoms with E-state index < -0.39 is 0 Å². The number of hydrogen-bond donors (Lipinski definition) is 2. The molecule has 0 atom stereocenters. The van der Waals surface area contributed by atoms with E-state index in [9.17, 15) is 0 Å². The van der Waals surface area contributed by atoms with E-state index in [4.69, 9.17) is 5.84 Å². The van der Waals surface area contributed by atoms with Crippen molar-refractivity contribution in [2.24, 2.45) is 5.84 Å². The zero-order valence-corrected chi connectivity index (χ0v) is 7.38. The Bertz CT molecular complexity index is 235. The van der Waals surface area contributed by atoms with E-state index in [1.54, 1.807) is 5.01 Å². The maximum atomic E-state index is 5.48. The van der Waals surface area contributed by atoms with Gasteiger partial charge in [0.1, 0.15) is 0 Å². The van der Waals surface area contributed by atoms with E-state index in [1.165, 1.54) is 5.56 Å². The molecule has 0 saturated heterocycles. The minimum absolute atomic E-state index is 0.758. The van der Waals surface area contributed by atoms with Gasteiger partial charge in [0.15, 0.2) is 0 Å². The third-order valence-electron chi connectivity index (χ3n) is 1.34. The molecule has 2 nitrogen and oxygen atoms in total. The summed E-state index contributed by atoms with van der Waals surface area (Å²) in [6.07, 6.45) is 0. The van der Waals surface area contributed by atoms with Gasteiger partial charge in [0.25, 0.3) is 0 Å². The monoisotopic (exact) mass is 168 g/mol. The van der Waals surface area contributed by atoms with Gasteiger partial charge in [-0.3, -0.25) is 5.84 Å². The van der Waals surface area contributed by atoms with E-state index in [0.29, 0.717) is 0 Å². The Kier molecular flexibility index (Phi) is 2.93. The largest absolute Gasteiger partial charge is 0.269 e. The van der Waals surface area contributed by atoms with Crippen LogP contribution in [0.1, 0.15) is 5.56 Å². The standard InChI is InChI=1S/C8H12N2S/c1-10(9)6-7-3-2-4-8(11)5-7/h2-5,11H,6,9H2,1H3. The molecule has 0 aliphatic rings. The summed E-state index contributed by atoms with van der Waals surface area (Å²) in [6.45, 7) is 0.758. The molecule has 0 bridgehead atoms. The first-order chi connectivity index (χ1) is 5.18. The van der Waals surface area contributed by atoms with Crippen molar-refractivity contribution >= 4 is 12.6 Å². The van der Waals surface area contributed by atoms with Crippen LogP contribution in [0.5, 0.6) is 0 Å². The Morgan fingerprint density at radius 3 is 2.82 bits per heavy atom. The number of nitrogens with two attached hydrogens (primary N) is 1. The molecular weight excluding hydrogens is 156 g/mol. The maximum absolute atomic E-state index is 5.48. The van der Waals surface area contributed by atoms with Crippen LogP contribution in [0.3, 0.4) is 0 Å². The highest BCUT2D eigenvalue weighted by molar-refractivity contribution is 7.80. The quantitative estimate of drug-likeness (QED) is 0.396. The zero-order chi connectivity index (χ0) is 8.27. The highest BCUT2D eigenvalue weighted by Gasteiger charge is 1.94. The van der Waals surface area contributed by atoms with Crippen molar-refractivity contribution in [1.82, 2.24) is 5.01 Å². The van der Waals surface area contributed by atoms with Crippen LogP contribution in [-0.4, -0.2) is 12.1 Å². The van der Waals surface area contributed by atoms with Crippen molar-refractivity contribution in [3.05, 3.63) is 29.8 Å². The van der Waals surface area contributed by atoms with Crippen LogP contribution >= 0.6 is 12.6 Å². The Balaban J connectivity index is 2.71. The first-order valence-corrected chi connectivity index (χ1v) is 3.87. The summed E-state index contributed by atoms with van der Waals surface area (Å²) in [7, 11) is 1.84. The van der Waals surface area contributed by atoms with Gasteiger partial charge in [-0.2, -0.15) is 0 Å². The van der Waals surface area contributed by atoms with Crippen molar-refractivity contribution in [3.8, 4) is 0 Å². The Hall–Kier alpha value is -0.510. The second kappa shape index (κ2) is 3.76. The predicted octanol–water partition coefficient (Wildman–Crippen LogP) is 1.28. The molecule has 0 amide bonds. The summed E-state index contributed by atoms with van der Waals surface area (Å²) in [5.41, 5.74) is 1.18. The van der Waals surface area contributed by atoms with Crippen LogP contribution < -0.4 is 5.84 Å². The number of benzene rings is 1. The fourth-order valence-corrected chi connectivity index (χ4v) is 1.19. The van der Waals surface area contributed by atoms with Crippen LogP contribution in [0.15, 0.2) is 29.2 Å². The molecular formula is C8H12N2S. The summed E-state index contributed by atoms with van der Waals surface area (Å²) >= 11 is 4.22. The van der Waals surface area contributed by atoms with Gasteiger partial charge in [0, 0.05) is 18.5 Å². The molecule has 2 N–H and O–H groups in total. The molecule has 3 heteroatoms. The molecule has 0 aliphatic heterocycles. The van der Waals surface area contributed by atoms with Gasteiger partial charge in [-0.1, -0.05) is 12.1 Å². The summed E-state index contributed by atoms with van der Waals surface area (Å²) in [4.78, 5) is 0.976. The van der Waals surface area contributed by atoms with E-state index in [2.05, 4.69) is 12.6 Å². The fourth-order valence-electron chi connectivity index (χ4n) is 0.943. The molecule has 0 saturated carbocycles. The van der Waals surface area contributed by atoms with Crippen molar-refractivity contribution in [1.29, 1.82) is 0 Å². The van der Waals surface area contributed by atoms with E-state index in [0.717, 1.165) is 11.4 Å². The number of rotatable bonds is 2. The minimum atomic E-state index is 0.758. The van der Waals surface area contributed by atoms with Crippen LogP contribution in [0.2, 0.25) is 0 Å². The van der Waals surface area contributed by atoms with Crippen molar-refractivity contribution < 1.29 is 0 Å². The van der Waals surface area contributed by atoms with Crippen LogP contribution in [0, 0.1) is 0 Å². The molecule has 0 heterocycles. The summed E-state index contributed by atoms with van der Waals surface area (Å²) in [5, 5.41) is 1.64. The first-order valence-electron chi connectivity index (χ1n) is 3.42. The average Bonchev–Trinajstić information content (AvgIpc) is 1.85. The van der Waals surface area contributed by atoms with Gasteiger partial charge >= 0.3 is 0 Å². The predicted molar refractivity (Wildman–Crippen MR) is 49.3 cm³/mol. The Morgan fingerprint density at radius 2 is 2.27 bits per heavy atom. The second-order valence-electron chi connectivity index (χ2n) is 2.59. The van der Waals surface area contributed by atoms with Gasteiger partial charge in [-0.05, 0) is 17.7 Å². The summed E-state index contributed by atoms with van der Waals surface area (Å²) in [6, 6.07) is 7.96. The lowest BCUT2D eigenvalue weighted by Crippen LogP contribution is -2.24. The number of thiol groups is 1. The highest BCUT2D eigenvalue weighted by Crippen LogP contribution is 2.09. The second-order valence-corrected chi connectivity index (χ2v) is 3.10. The third kappa shape index (κ3) is 2.93. The fraction of sp³-hybridized carbons (Fsp3) is 0.250. The van der Waals surface area contributed by atoms with Crippen molar-refractivity contribution in [2.75, 3.05) is 7.05 Å². The van der Waals surface area contributed by atoms with Gasteiger partial charge in [-0.15, -0.1) is 12.6 Å². The normalized spacial score (nSPS) is 10.5. The lowest BCUT2D eigenvalue weighted by Gasteiger charge is -2.08. The molecule has 60 valence electrons. The molecule has 0 fully saturated rings.